The first-order valence-electron chi connectivity index (χ1n) is 10.0. The first-order chi connectivity index (χ1) is 15.8. The zero-order chi connectivity index (χ0) is 23.7. The summed E-state index contributed by atoms with van der Waals surface area (Å²) in [5, 5.41) is 14.1. The number of nitrogens with zero attached hydrogens (tertiary/aromatic N) is 2. The van der Waals surface area contributed by atoms with Crippen LogP contribution in [0.3, 0.4) is 0 Å². The van der Waals surface area contributed by atoms with E-state index in [9.17, 15) is 24.5 Å². The average molecular weight is 464 g/mol. The summed E-state index contributed by atoms with van der Waals surface area (Å²) in [4.78, 5) is 50.8. The molecule has 8 nitrogen and oxygen atoms in total. The SMILES string of the molecule is Cc1ccc(NC(=O)C(Cc2ccc([N+](=O)[O-])cc2)N2C(=O)c3ccccc3C2=O)cc1Cl. The summed E-state index contributed by atoms with van der Waals surface area (Å²) in [6.45, 7) is 1.82. The molecule has 3 amide bonds. The number of non-ortho nitro benzene ring substituents is 1. The summed E-state index contributed by atoms with van der Waals surface area (Å²) in [5.74, 6) is -1.72. The predicted octanol–water partition coefficient (Wildman–Crippen LogP) is 4.40. The van der Waals surface area contributed by atoms with Crippen molar-refractivity contribution in [1.29, 1.82) is 0 Å². The Balaban J connectivity index is 1.68. The topological polar surface area (TPSA) is 110 Å². The summed E-state index contributed by atoms with van der Waals surface area (Å²) in [7, 11) is 0. The third kappa shape index (κ3) is 4.33. The molecule has 1 atom stereocenters. The van der Waals surface area contributed by atoms with Gasteiger partial charge in [0.15, 0.2) is 0 Å². The van der Waals surface area contributed by atoms with Crippen LogP contribution in [0.4, 0.5) is 11.4 Å². The zero-order valence-electron chi connectivity index (χ0n) is 17.4. The summed E-state index contributed by atoms with van der Waals surface area (Å²) in [6, 6.07) is 15.8. The van der Waals surface area contributed by atoms with Gasteiger partial charge in [-0.15, -0.1) is 0 Å². The Morgan fingerprint density at radius 3 is 2.18 bits per heavy atom. The normalized spacial score (nSPS) is 13.6. The van der Waals surface area contributed by atoms with E-state index in [-0.39, 0.29) is 23.2 Å². The minimum absolute atomic E-state index is 0.0190. The van der Waals surface area contributed by atoms with E-state index in [1.807, 2.05) is 6.92 Å². The summed E-state index contributed by atoms with van der Waals surface area (Å²) < 4.78 is 0. The number of halogens is 1. The maximum atomic E-state index is 13.3. The van der Waals surface area contributed by atoms with E-state index in [1.54, 1.807) is 30.3 Å². The number of fused-ring (bicyclic) bond motifs is 1. The molecule has 9 heteroatoms. The molecule has 0 radical (unpaired) electrons. The lowest BCUT2D eigenvalue weighted by Gasteiger charge is -2.25. The lowest BCUT2D eigenvalue weighted by atomic mass is 10.0. The lowest BCUT2D eigenvalue weighted by Crippen LogP contribution is -2.48. The van der Waals surface area contributed by atoms with E-state index in [2.05, 4.69) is 5.32 Å². The number of amides is 3. The number of hydrogen-bond acceptors (Lipinski definition) is 5. The van der Waals surface area contributed by atoms with Crippen LogP contribution in [0.15, 0.2) is 66.7 Å². The summed E-state index contributed by atoms with van der Waals surface area (Å²) >= 11 is 6.16. The van der Waals surface area contributed by atoms with E-state index >= 15 is 0 Å². The van der Waals surface area contributed by atoms with E-state index in [0.29, 0.717) is 16.3 Å². The number of aryl methyl sites for hydroxylation is 1. The third-order valence-electron chi connectivity index (χ3n) is 5.46. The lowest BCUT2D eigenvalue weighted by molar-refractivity contribution is -0.384. The monoisotopic (exact) mass is 463 g/mol. The fourth-order valence-corrected chi connectivity index (χ4v) is 3.85. The first-order valence-corrected chi connectivity index (χ1v) is 10.4. The van der Waals surface area contributed by atoms with E-state index in [4.69, 9.17) is 11.6 Å². The second kappa shape index (κ2) is 8.84. The molecular weight excluding hydrogens is 446 g/mol. The minimum atomic E-state index is -1.18. The number of benzene rings is 3. The van der Waals surface area contributed by atoms with Crippen LogP contribution in [0.1, 0.15) is 31.8 Å². The third-order valence-corrected chi connectivity index (χ3v) is 5.86. The van der Waals surface area contributed by atoms with Crippen molar-refractivity contribution in [2.75, 3.05) is 5.32 Å². The molecule has 1 aliphatic heterocycles. The molecule has 33 heavy (non-hydrogen) atoms. The molecule has 0 aliphatic carbocycles. The van der Waals surface area contributed by atoms with Gasteiger partial charge in [-0.05, 0) is 42.3 Å². The number of imide groups is 1. The van der Waals surface area contributed by atoms with Crippen molar-refractivity contribution in [2.45, 2.75) is 19.4 Å². The molecule has 4 rings (SSSR count). The van der Waals surface area contributed by atoms with Crippen molar-refractivity contribution in [3.8, 4) is 0 Å². The van der Waals surface area contributed by atoms with Crippen molar-refractivity contribution >= 4 is 40.7 Å². The number of nitro groups is 1. The number of rotatable bonds is 6. The largest absolute Gasteiger partial charge is 0.324 e. The molecule has 0 fully saturated rings. The van der Waals surface area contributed by atoms with Crippen molar-refractivity contribution in [3.05, 3.63) is 104 Å². The van der Waals surface area contributed by atoms with Gasteiger partial charge < -0.3 is 5.32 Å². The van der Waals surface area contributed by atoms with Gasteiger partial charge in [0.1, 0.15) is 6.04 Å². The van der Waals surface area contributed by atoms with Crippen molar-refractivity contribution in [3.63, 3.8) is 0 Å². The van der Waals surface area contributed by atoms with Crippen LogP contribution in [0.5, 0.6) is 0 Å². The van der Waals surface area contributed by atoms with Gasteiger partial charge in [0.25, 0.3) is 17.5 Å². The van der Waals surface area contributed by atoms with Crippen LogP contribution in [0.25, 0.3) is 0 Å². The molecule has 0 saturated carbocycles. The Labute approximate surface area is 193 Å². The quantitative estimate of drug-likeness (QED) is 0.331. The molecular formula is C24H18ClN3O5. The number of carbonyl (C=O) groups is 3. The van der Waals surface area contributed by atoms with Crippen LogP contribution in [0.2, 0.25) is 5.02 Å². The Kier molecular flexibility index (Phi) is 5.93. The Bertz CT molecular complexity index is 1250. The zero-order valence-corrected chi connectivity index (χ0v) is 18.2. The predicted molar refractivity (Wildman–Crippen MR) is 122 cm³/mol. The van der Waals surface area contributed by atoms with Gasteiger partial charge in [-0.2, -0.15) is 0 Å². The second-order valence-electron chi connectivity index (χ2n) is 7.62. The summed E-state index contributed by atoms with van der Waals surface area (Å²) in [5.41, 5.74) is 2.15. The van der Waals surface area contributed by atoms with Gasteiger partial charge >= 0.3 is 0 Å². The van der Waals surface area contributed by atoms with Gasteiger partial charge in [-0.1, -0.05) is 41.9 Å². The van der Waals surface area contributed by atoms with Gasteiger partial charge in [0.2, 0.25) is 5.91 Å². The highest BCUT2D eigenvalue weighted by Gasteiger charge is 2.42. The highest BCUT2D eigenvalue weighted by Crippen LogP contribution is 2.27. The number of nitrogens with one attached hydrogen (secondary N) is 1. The van der Waals surface area contributed by atoms with Crippen LogP contribution < -0.4 is 5.32 Å². The van der Waals surface area contributed by atoms with Crippen LogP contribution in [0, 0.1) is 17.0 Å². The molecule has 1 aliphatic rings. The highest BCUT2D eigenvalue weighted by atomic mass is 35.5. The van der Waals surface area contributed by atoms with Gasteiger partial charge in [0, 0.05) is 29.3 Å². The van der Waals surface area contributed by atoms with Crippen molar-refractivity contribution < 1.29 is 19.3 Å². The Hall–Kier alpha value is -4.04. The van der Waals surface area contributed by atoms with E-state index < -0.39 is 28.7 Å². The number of nitro benzene ring substituents is 1. The standard InChI is InChI=1S/C24H18ClN3O5/c1-14-6-9-16(13-20(14)25)26-22(29)21(12-15-7-10-17(11-8-15)28(32)33)27-23(30)18-4-2-3-5-19(18)24(27)31/h2-11,13,21H,12H2,1H3,(H,26,29). The maximum absolute atomic E-state index is 13.3. The molecule has 3 aromatic carbocycles. The van der Waals surface area contributed by atoms with Gasteiger partial charge in [-0.25, -0.2) is 0 Å². The molecule has 1 unspecified atom stereocenters. The van der Waals surface area contributed by atoms with E-state index in [1.165, 1.54) is 36.4 Å². The summed E-state index contributed by atoms with van der Waals surface area (Å²) in [6.07, 6.45) is -0.0190. The fourth-order valence-electron chi connectivity index (χ4n) is 3.67. The number of hydrogen-bond donors (Lipinski definition) is 1. The van der Waals surface area contributed by atoms with Gasteiger partial charge in [0.05, 0.1) is 16.1 Å². The maximum Gasteiger partial charge on any atom is 0.269 e. The molecule has 0 aromatic heterocycles. The number of anilines is 1. The number of carbonyl (C=O) groups excluding carboxylic acids is 3. The van der Waals surface area contributed by atoms with Crippen LogP contribution in [-0.4, -0.2) is 33.6 Å². The second-order valence-corrected chi connectivity index (χ2v) is 8.03. The first kappa shape index (κ1) is 22.2. The molecule has 3 aromatic rings. The molecule has 166 valence electrons. The Morgan fingerprint density at radius 2 is 1.64 bits per heavy atom. The van der Waals surface area contributed by atoms with Crippen LogP contribution >= 0.6 is 11.6 Å². The van der Waals surface area contributed by atoms with Crippen LogP contribution in [-0.2, 0) is 11.2 Å². The molecule has 1 heterocycles. The average Bonchev–Trinajstić information content (AvgIpc) is 3.05. The van der Waals surface area contributed by atoms with Crippen molar-refractivity contribution in [2.24, 2.45) is 0 Å². The molecule has 0 spiro atoms. The highest BCUT2D eigenvalue weighted by molar-refractivity contribution is 6.31. The van der Waals surface area contributed by atoms with Crippen molar-refractivity contribution in [1.82, 2.24) is 4.90 Å². The molecule has 1 N–H and O–H groups in total. The fraction of sp³-hybridized carbons (Fsp3) is 0.125. The smallest absolute Gasteiger partial charge is 0.269 e. The minimum Gasteiger partial charge on any atom is -0.324 e. The molecule has 0 bridgehead atoms. The van der Waals surface area contributed by atoms with Gasteiger partial charge in [-0.3, -0.25) is 29.4 Å². The Morgan fingerprint density at radius 1 is 1.03 bits per heavy atom. The van der Waals surface area contributed by atoms with E-state index in [0.717, 1.165) is 10.5 Å². The molecule has 0 saturated heterocycles.